The summed E-state index contributed by atoms with van der Waals surface area (Å²) < 4.78 is 18.5. The number of rotatable bonds is 4. The summed E-state index contributed by atoms with van der Waals surface area (Å²) >= 11 is 0. The van der Waals surface area contributed by atoms with Gasteiger partial charge in [-0.15, -0.1) is 0 Å². The Hall–Kier alpha value is -1.62. The van der Waals surface area contributed by atoms with Crippen molar-refractivity contribution in [1.82, 2.24) is 0 Å². The van der Waals surface area contributed by atoms with Crippen molar-refractivity contribution in [3.63, 3.8) is 0 Å². The van der Waals surface area contributed by atoms with Crippen LogP contribution >= 0.6 is 0 Å². The minimum Gasteiger partial charge on any atom is -0.378 e. The fourth-order valence-electron chi connectivity index (χ4n) is 2.42. The first kappa shape index (κ1) is 13.8. The summed E-state index contributed by atoms with van der Waals surface area (Å²) in [5.74, 6) is -0.698. The molecule has 0 spiro atoms. The van der Waals surface area contributed by atoms with Gasteiger partial charge < -0.3 is 15.8 Å². The van der Waals surface area contributed by atoms with E-state index in [2.05, 4.69) is 5.32 Å². The summed E-state index contributed by atoms with van der Waals surface area (Å²) in [6.45, 7) is 2.51. The number of hydrogen-bond acceptors (Lipinski definition) is 3. The zero-order chi connectivity index (χ0) is 13.9. The summed E-state index contributed by atoms with van der Waals surface area (Å²) in [5.41, 5.74) is 5.45. The first-order valence-electron chi connectivity index (χ1n) is 6.51. The molecule has 1 aliphatic rings. The van der Waals surface area contributed by atoms with Crippen LogP contribution in [0.25, 0.3) is 0 Å². The maximum atomic E-state index is 12.9. The zero-order valence-corrected chi connectivity index (χ0v) is 11.0. The molecule has 2 unspecified atom stereocenters. The Labute approximate surface area is 112 Å². The third kappa shape index (κ3) is 3.04. The van der Waals surface area contributed by atoms with Gasteiger partial charge in [0.1, 0.15) is 11.4 Å². The van der Waals surface area contributed by atoms with E-state index in [1.165, 1.54) is 12.1 Å². The number of ether oxygens (including phenoxy) is 1. The number of amides is 1. The highest BCUT2D eigenvalue weighted by molar-refractivity contribution is 5.88. The molecule has 5 heteroatoms. The Morgan fingerprint density at radius 3 is 2.79 bits per heavy atom. The Morgan fingerprint density at radius 2 is 2.21 bits per heavy atom. The van der Waals surface area contributed by atoms with Gasteiger partial charge >= 0.3 is 0 Å². The van der Waals surface area contributed by atoms with E-state index in [1.54, 1.807) is 12.1 Å². The van der Waals surface area contributed by atoms with Gasteiger partial charge in [-0.3, -0.25) is 4.79 Å². The van der Waals surface area contributed by atoms with Crippen LogP contribution in [0.4, 0.5) is 10.1 Å². The number of anilines is 1. The van der Waals surface area contributed by atoms with Gasteiger partial charge in [0.2, 0.25) is 5.91 Å². The average Bonchev–Trinajstić information content (AvgIpc) is 2.41. The Balaban J connectivity index is 2.19. The number of primary amides is 1. The molecule has 0 radical (unpaired) electrons. The Kier molecular flexibility index (Phi) is 4.04. The topological polar surface area (TPSA) is 64.3 Å². The van der Waals surface area contributed by atoms with Crippen LogP contribution in [0.15, 0.2) is 24.3 Å². The molecule has 0 aromatic heterocycles. The van der Waals surface area contributed by atoms with Crippen LogP contribution in [-0.4, -0.2) is 24.2 Å². The van der Waals surface area contributed by atoms with E-state index < -0.39 is 11.4 Å². The molecule has 1 aromatic carbocycles. The first-order valence-corrected chi connectivity index (χ1v) is 6.51. The van der Waals surface area contributed by atoms with Gasteiger partial charge in [-0.1, -0.05) is 6.92 Å². The standard InChI is InChI=1S/C14H19FN2O2/c1-2-12-9-14(13(16)18,7-8-19-12)17-11-5-3-10(15)4-6-11/h3-6,12,17H,2,7-9H2,1H3,(H2,16,18). The van der Waals surface area contributed by atoms with E-state index in [-0.39, 0.29) is 11.9 Å². The number of nitrogens with one attached hydrogen (secondary N) is 1. The van der Waals surface area contributed by atoms with E-state index in [0.717, 1.165) is 6.42 Å². The Bertz CT molecular complexity index is 449. The highest BCUT2D eigenvalue weighted by Crippen LogP contribution is 2.30. The summed E-state index contributed by atoms with van der Waals surface area (Å²) in [4.78, 5) is 11.8. The number of nitrogens with two attached hydrogens (primary N) is 1. The lowest BCUT2D eigenvalue weighted by Gasteiger charge is -2.39. The van der Waals surface area contributed by atoms with Crippen molar-refractivity contribution in [1.29, 1.82) is 0 Å². The maximum absolute atomic E-state index is 12.9. The van der Waals surface area contributed by atoms with Crippen molar-refractivity contribution in [2.45, 2.75) is 37.8 Å². The molecule has 1 aliphatic heterocycles. The van der Waals surface area contributed by atoms with Gasteiger partial charge in [0.15, 0.2) is 0 Å². The number of carbonyl (C=O) groups excluding carboxylic acids is 1. The molecule has 1 fully saturated rings. The van der Waals surface area contributed by atoms with Gasteiger partial charge in [-0.25, -0.2) is 4.39 Å². The monoisotopic (exact) mass is 266 g/mol. The van der Waals surface area contributed by atoms with Gasteiger partial charge in [0.05, 0.1) is 6.10 Å². The molecule has 2 rings (SSSR count). The first-order chi connectivity index (χ1) is 9.05. The third-order valence-corrected chi connectivity index (χ3v) is 3.61. The number of hydrogen-bond donors (Lipinski definition) is 2. The summed E-state index contributed by atoms with van der Waals surface area (Å²) in [6.07, 6.45) is 1.92. The van der Waals surface area contributed by atoms with Crippen molar-refractivity contribution in [3.05, 3.63) is 30.1 Å². The Morgan fingerprint density at radius 1 is 1.53 bits per heavy atom. The molecule has 2 atom stereocenters. The molecule has 3 N–H and O–H groups in total. The molecule has 1 heterocycles. The number of benzene rings is 1. The molecular weight excluding hydrogens is 247 g/mol. The van der Waals surface area contributed by atoms with Crippen LogP contribution < -0.4 is 11.1 Å². The maximum Gasteiger partial charge on any atom is 0.243 e. The summed E-state index contributed by atoms with van der Waals surface area (Å²) in [7, 11) is 0. The predicted octanol–water partition coefficient (Wildman–Crippen LogP) is 2.05. The molecule has 4 nitrogen and oxygen atoms in total. The van der Waals surface area contributed by atoms with Crippen LogP contribution in [0.1, 0.15) is 26.2 Å². The molecule has 1 aromatic rings. The van der Waals surface area contributed by atoms with Gasteiger partial charge in [0.25, 0.3) is 0 Å². The zero-order valence-electron chi connectivity index (χ0n) is 11.0. The smallest absolute Gasteiger partial charge is 0.243 e. The largest absolute Gasteiger partial charge is 0.378 e. The van der Waals surface area contributed by atoms with Gasteiger partial charge in [0, 0.05) is 25.1 Å². The molecule has 0 saturated carbocycles. The van der Waals surface area contributed by atoms with Crippen LogP contribution in [0.5, 0.6) is 0 Å². The number of carbonyl (C=O) groups is 1. The molecule has 1 amide bonds. The quantitative estimate of drug-likeness (QED) is 0.876. The summed E-state index contributed by atoms with van der Waals surface area (Å²) in [6, 6.07) is 5.92. The molecule has 0 bridgehead atoms. The van der Waals surface area contributed by atoms with Gasteiger partial charge in [-0.2, -0.15) is 0 Å². The van der Waals surface area contributed by atoms with E-state index in [4.69, 9.17) is 10.5 Å². The molecule has 0 aliphatic carbocycles. The van der Waals surface area contributed by atoms with Crippen LogP contribution in [-0.2, 0) is 9.53 Å². The minimum absolute atomic E-state index is 0.0224. The van der Waals surface area contributed by atoms with Gasteiger partial charge in [-0.05, 0) is 30.7 Å². The van der Waals surface area contributed by atoms with E-state index in [9.17, 15) is 9.18 Å². The second-order valence-corrected chi connectivity index (χ2v) is 4.93. The normalized spacial score (nSPS) is 26.9. The lowest BCUT2D eigenvalue weighted by atomic mass is 9.84. The lowest BCUT2D eigenvalue weighted by Crippen LogP contribution is -2.55. The minimum atomic E-state index is -0.809. The summed E-state index contributed by atoms with van der Waals surface area (Å²) in [5, 5.41) is 3.16. The van der Waals surface area contributed by atoms with Crippen LogP contribution in [0, 0.1) is 5.82 Å². The van der Waals surface area contributed by atoms with Crippen molar-refractivity contribution in [3.8, 4) is 0 Å². The van der Waals surface area contributed by atoms with Crippen molar-refractivity contribution >= 4 is 11.6 Å². The molecular formula is C14H19FN2O2. The average molecular weight is 266 g/mol. The third-order valence-electron chi connectivity index (χ3n) is 3.61. The second kappa shape index (κ2) is 5.57. The molecule has 19 heavy (non-hydrogen) atoms. The SMILES string of the molecule is CCC1CC(Nc2ccc(F)cc2)(C(N)=O)CCO1. The number of halogens is 1. The van der Waals surface area contributed by atoms with Crippen LogP contribution in [0.2, 0.25) is 0 Å². The highest BCUT2D eigenvalue weighted by Gasteiger charge is 2.41. The lowest BCUT2D eigenvalue weighted by molar-refractivity contribution is -0.127. The molecule has 1 saturated heterocycles. The second-order valence-electron chi connectivity index (χ2n) is 4.93. The highest BCUT2D eigenvalue weighted by atomic mass is 19.1. The fourth-order valence-corrected chi connectivity index (χ4v) is 2.42. The van der Waals surface area contributed by atoms with Crippen LogP contribution in [0.3, 0.4) is 0 Å². The molecule has 104 valence electrons. The van der Waals surface area contributed by atoms with Crippen molar-refractivity contribution < 1.29 is 13.9 Å². The predicted molar refractivity (Wildman–Crippen MR) is 71.2 cm³/mol. The van der Waals surface area contributed by atoms with E-state index in [0.29, 0.717) is 25.1 Å². The van der Waals surface area contributed by atoms with Crippen molar-refractivity contribution in [2.75, 3.05) is 11.9 Å². The fraction of sp³-hybridized carbons (Fsp3) is 0.500. The van der Waals surface area contributed by atoms with Crippen molar-refractivity contribution in [2.24, 2.45) is 5.73 Å². The van der Waals surface area contributed by atoms with E-state index >= 15 is 0 Å². The van der Waals surface area contributed by atoms with E-state index in [1.807, 2.05) is 6.92 Å².